The largest absolute Gasteiger partial charge is 0.495 e. The van der Waals surface area contributed by atoms with E-state index in [2.05, 4.69) is 24.3 Å². The number of carbonyl (C=O) groups excluding carboxylic acids is 2. The Labute approximate surface area is 177 Å². The Morgan fingerprint density at radius 3 is 2.62 bits per heavy atom. The second kappa shape index (κ2) is 9.78. The molecule has 0 bridgehead atoms. The van der Waals surface area contributed by atoms with Crippen molar-refractivity contribution in [3.8, 4) is 5.75 Å². The van der Waals surface area contributed by atoms with Crippen molar-refractivity contribution in [2.24, 2.45) is 5.92 Å². The third-order valence-electron chi connectivity index (χ3n) is 4.64. The molecule has 2 aromatic rings. The Kier molecular flexibility index (Phi) is 7.67. The molecule has 0 radical (unpaired) electrons. The molecular formula is C21H29ClN4O3. The summed E-state index contributed by atoms with van der Waals surface area (Å²) in [5.74, 6) is 0.491. The summed E-state index contributed by atoms with van der Waals surface area (Å²) in [6.45, 7) is 8.87. The summed E-state index contributed by atoms with van der Waals surface area (Å²) in [5, 5.41) is 7.77. The van der Waals surface area contributed by atoms with E-state index >= 15 is 0 Å². The van der Waals surface area contributed by atoms with E-state index in [1.165, 1.54) is 12.0 Å². The predicted octanol–water partition coefficient (Wildman–Crippen LogP) is 3.46. The third kappa shape index (κ3) is 5.97. The van der Waals surface area contributed by atoms with E-state index in [1.54, 1.807) is 25.2 Å². The van der Waals surface area contributed by atoms with Crippen molar-refractivity contribution >= 4 is 29.1 Å². The van der Waals surface area contributed by atoms with Crippen LogP contribution < -0.4 is 10.1 Å². The maximum absolute atomic E-state index is 12.7. The highest BCUT2D eigenvalue weighted by Gasteiger charge is 2.20. The van der Waals surface area contributed by atoms with Gasteiger partial charge in [-0.15, -0.1) is 0 Å². The second-order valence-corrected chi connectivity index (χ2v) is 7.98. The molecule has 7 nitrogen and oxygen atoms in total. The monoisotopic (exact) mass is 420 g/mol. The summed E-state index contributed by atoms with van der Waals surface area (Å²) < 4.78 is 7.17. The number of rotatable bonds is 8. The fraction of sp³-hybridized carbons (Fsp3) is 0.476. The second-order valence-electron chi connectivity index (χ2n) is 7.54. The van der Waals surface area contributed by atoms with Gasteiger partial charge in [0.05, 0.1) is 31.5 Å². The van der Waals surface area contributed by atoms with Crippen molar-refractivity contribution in [1.82, 2.24) is 14.7 Å². The molecule has 29 heavy (non-hydrogen) atoms. The van der Waals surface area contributed by atoms with E-state index in [9.17, 15) is 9.59 Å². The number of ether oxygens (including phenoxy) is 1. The molecule has 1 heterocycles. The molecule has 158 valence electrons. The molecule has 1 aromatic carbocycles. The van der Waals surface area contributed by atoms with Crippen LogP contribution in [0.5, 0.6) is 5.75 Å². The number of benzene rings is 1. The van der Waals surface area contributed by atoms with Crippen LogP contribution in [0.3, 0.4) is 0 Å². The van der Waals surface area contributed by atoms with Crippen LogP contribution in [0.25, 0.3) is 0 Å². The number of aromatic nitrogens is 2. The van der Waals surface area contributed by atoms with Gasteiger partial charge in [0.1, 0.15) is 5.75 Å². The molecule has 0 saturated carbocycles. The van der Waals surface area contributed by atoms with E-state index in [4.69, 9.17) is 16.3 Å². The molecule has 2 amide bonds. The van der Waals surface area contributed by atoms with Crippen LogP contribution in [0.15, 0.2) is 18.2 Å². The topological polar surface area (TPSA) is 76.5 Å². The van der Waals surface area contributed by atoms with Gasteiger partial charge in [-0.25, -0.2) is 0 Å². The number of hydrogen-bond acceptors (Lipinski definition) is 4. The van der Waals surface area contributed by atoms with Crippen LogP contribution in [0, 0.1) is 19.8 Å². The maximum Gasteiger partial charge on any atom is 0.244 e. The van der Waals surface area contributed by atoms with Gasteiger partial charge in [-0.2, -0.15) is 5.10 Å². The molecule has 0 aliphatic rings. The number of carbonyl (C=O) groups is 2. The van der Waals surface area contributed by atoms with Gasteiger partial charge in [0.25, 0.3) is 0 Å². The van der Waals surface area contributed by atoms with Crippen LogP contribution in [-0.2, 0) is 22.6 Å². The van der Waals surface area contributed by atoms with Crippen molar-refractivity contribution < 1.29 is 14.3 Å². The summed E-state index contributed by atoms with van der Waals surface area (Å²) in [4.78, 5) is 26.5. The number of nitrogens with one attached hydrogen (secondary N) is 1. The molecule has 1 N–H and O–H groups in total. The fourth-order valence-corrected chi connectivity index (χ4v) is 3.24. The normalized spacial score (nSPS) is 10.9. The molecule has 0 saturated heterocycles. The molecule has 0 spiro atoms. The lowest BCUT2D eigenvalue weighted by Gasteiger charge is -2.18. The highest BCUT2D eigenvalue weighted by molar-refractivity contribution is 6.31. The lowest BCUT2D eigenvalue weighted by molar-refractivity contribution is -0.132. The van der Waals surface area contributed by atoms with Crippen molar-refractivity contribution in [2.75, 3.05) is 26.0 Å². The first-order chi connectivity index (χ1) is 13.6. The number of hydrogen-bond donors (Lipinski definition) is 1. The van der Waals surface area contributed by atoms with Crippen molar-refractivity contribution in [3.63, 3.8) is 0 Å². The number of nitrogens with zero attached hydrogens (tertiary/aromatic N) is 3. The van der Waals surface area contributed by atoms with Crippen molar-refractivity contribution in [2.45, 2.75) is 40.7 Å². The average Bonchev–Trinajstić information content (AvgIpc) is 2.88. The van der Waals surface area contributed by atoms with E-state index in [-0.39, 0.29) is 24.8 Å². The van der Waals surface area contributed by atoms with E-state index < -0.39 is 0 Å². The summed E-state index contributed by atoms with van der Waals surface area (Å²) in [6, 6.07) is 4.96. The molecule has 1 aromatic heterocycles. The highest BCUT2D eigenvalue weighted by Crippen LogP contribution is 2.27. The first-order valence-electron chi connectivity index (χ1n) is 9.52. The van der Waals surface area contributed by atoms with Crippen molar-refractivity contribution in [1.29, 1.82) is 0 Å². The Bertz CT molecular complexity index is 892. The van der Waals surface area contributed by atoms with Gasteiger partial charge in [-0.1, -0.05) is 25.4 Å². The predicted molar refractivity (Wildman–Crippen MR) is 115 cm³/mol. The Morgan fingerprint density at radius 1 is 1.31 bits per heavy atom. The Balaban J connectivity index is 2.02. The fourth-order valence-electron chi connectivity index (χ4n) is 3.07. The van der Waals surface area contributed by atoms with Gasteiger partial charge in [-0.05, 0) is 38.0 Å². The standard InChI is InChI=1S/C21H29ClN4O3/c1-13(2)11-26-15(4)17(14(3)24-26)10-21(28)25(5)12-20(27)23-18-9-16(22)7-8-19(18)29-6/h7-9,13H,10-12H2,1-6H3,(H,23,27). The Morgan fingerprint density at radius 2 is 2.00 bits per heavy atom. The zero-order chi connectivity index (χ0) is 21.7. The number of halogens is 1. The minimum atomic E-state index is -0.328. The zero-order valence-corrected chi connectivity index (χ0v) is 18.6. The minimum Gasteiger partial charge on any atom is -0.495 e. The summed E-state index contributed by atoms with van der Waals surface area (Å²) >= 11 is 5.99. The van der Waals surface area contributed by atoms with E-state index in [1.807, 2.05) is 18.5 Å². The quantitative estimate of drug-likeness (QED) is 0.709. The molecule has 0 aliphatic heterocycles. The molecular weight excluding hydrogens is 392 g/mol. The van der Waals surface area contributed by atoms with Gasteiger partial charge in [0, 0.05) is 29.9 Å². The van der Waals surface area contributed by atoms with Crippen LogP contribution in [-0.4, -0.2) is 47.2 Å². The number of methoxy groups -OCH3 is 1. The van der Waals surface area contributed by atoms with Gasteiger partial charge in [0.2, 0.25) is 11.8 Å². The number of likely N-dealkylation sites (N-methyl/N-ethyl adjacent to an activating group) is 1. The van der Waals surface area contributed by atoms with Crippen molar-refractivity contribution in [3.05, 3.63) is 40.2 Å². The third-order valence-corrected chi connectivity index (χ3v) is 4.87. The lowest BCUT2D eigenvalue weighted by atomic mass is 10.1. The van der Waals surface area contributed by atoms with Crippen LogP contribution in [0.4, 0.5) is 5.69 Å². The summed E-state index contributed by atoms with van der Waals surface area (Å²) in [7, 11) is 3.12. The smallest absolute Gasteiger partial charge is 0.244 e. The minimum absolute atomic E-state index is 0.0767. The summed E-state index contributed by atoms with van der Waals surface area (Å²) in [6.07, 6.45) is 0.208. The van der Waals surface area contributed by atoms with Gasteiger partial charge in [-0.3, -0.25) is 14.3 Å². The van der Waals surface area contributed by atoms with Crippen LogP contribution in [0.2, 0.25) is 5.02 Å². The molecule has 0 unspecified atom stereocenters. The van der Waals surface area contributed by atoms with Gasteiger partial charge >= 0.3 is 0 Å². The maximum atomic E-state index is 12.7. The van der Waals surface area contributed by atoms with E-state index in [0.29, 0.717) is 22.4 Å². The van der Waals surface area contributed by atoms with E-state index in [0.717, 1.165) is 23.5 Å². The molecule has 0 aliphatic carbocycles. The number of amides is 2. The highest BCUT2D eigenvalue weighted by atomic mass is 35.5. The first kappa shape index (κ1) is 22.7. The molecule has 0 fully saturated rings. The molecule has 0 atom stereocenters. The van der Waals surface area contributed by atoms with Crippen LogP contribution in [0.1, 0.15) is 30.8 Å². The SMILES string of the molecule is COc1ccc(Cl)cc1NC(=O)CN(C)C(=O)Cc1c(C)nn(CC(C)C)c1C. The average molecular weight is 421 g/mol. The summed E-state index contributed by atoms with van der Waals surface area (Å²) in [5.41, 5.74) is 3.22. The lowest BCUT2D eigenvalue weighted by Crippen LogP contribution is -2.36. The van der Waals surface area contributed by atoms with Crippen LogP contribution >= 0.6 is 11.6 Å². The van der Waals surface area contributed by atoms with Gasteiger partial charge < -0.3 is 15.0 Å². The first-order valence-corrected chi connectivity index (χ1v) is 9.90. The number of aryl methyl sites for hydroxylation is 1. The Hall–Kier alpha value is -2.54. The van der Waals surface area contributed by atoms with Gasteiger partial charge in [0.15, 0.2) is 0 Å². The molecule has 8 heteroatoms. The number of anilines is 1. The zero-order valence-electron chi connectivity index (χ0n) is 17.9. The molecule has 2 rings (SSSR count).